The zero-order chi connectivity index (χ0) is 13.8. The second-order valence-electron chi connectivity index (χ2n) is 6.82. The first kappa shape index (κ1) is 14.1. The summed E-state index contributed by atoms with van der Waals surface area (Å²) in [5.74, 6) is 0. The molecule has 3 rings (SSSR count). The minimum atomic E-state index is 0.415. The van der Waals surface area contributed by atoms with E-state index in [0.29, 0.717) is 5.54 Å². The normalized spacial score (nSPS) is 23.6. The topological polar surface area (TPSA) is 15.3 Å². The molecule has 0 aromatic heterocycles. The van der Waals surface area contributed by atoms with Crippen LogP contribution in [0.3, 0.4) is 0 Å². The lowest BCUT2D eigenvalue weighted by Gasteiger charge is -2.40. The van der Waals surface area contributed by atoms with Crippen LogP contribution in [0, 0.1) is 6.92 Å². The molecule has 1 heterocycles. The average Bonchev–Trinajstić information content (AvgIpc) is 2.62. The minimum absolute atomic E-state index is 0.415. The third kappa shape index (κ3) is 3.42. The molecular formula is C18H28N2. The highest BCUT2D eigenvalue weighted by Crippen LogP contribution is 2.30. The molecule has 0 radical (unpaired) electrons. The average molecular weight is 272 g/mol. The Balaban J connectivity index is 1.68. The van der Waals surface area contributed by atoms with Gasteiger partial charge in [0.25, 0.3) is 0 Å². The lowest BCUT2D eigenvalue weighted by atomic mass is 9.81. The second-order valence-corrected chi connectivity index (χ2v) is 6.82. The smallest absolute Gasteiger partial charge is 0.0308 e. The first-order chi connectivity index (χ1) is 9.76. The van der Waals surface area contributed by atoms with Crippen molar-refractivity contribution in [1.82, 2.24) is 10.2 Å². The molecule has 1 N–H and O–H groups in total. The highest BCUT2D eigenvalue weighted by molar-refractivity contribution is 5.22. The summed E-state index contributed by atoms with van der Waals surface area (Å²) in [6, 6.07) is 9.00. The maximum atomic E-state index is 3.88. The molecular weight excluding hydrogens is 244 g/mol. The fraction of sp³-hybridized carbons (Fsp3) is 0.667. The van der Waals surface area contributed by atoms with Gasteiger partial charge in [0.1, 0.15) is 0 Å². The molecule has 1 saturated heterocycles. The van der Waals surface area contributed by atoms with Crippen molar-refractivity contribution < 1.29 is 0 Å². The van der Waals surface area contributed by atoms with E-state index in [2.05, 4.69) is 41.4 Å². The Morgan fingerprint density at radius 1 is 1.15 bits per heavy atom. The fourth-order valence-electron chi connectivity index (χ4n) is 3.99. The molecule has 1 saturated carbocycles. The number of hydrogen-bond donors (Lipinski definition) is 1. The maximum absolute atomic E-state index is 3.88. The highest BCUT2D eigenvalue weighted by atomic mass is 15.2. The molecule has 2 heteroatoms. The monoisotopic (exact) mass is 272 g/mol. The largest absolute Gasteiger partial charge is 0.310 e. The third-order valence-electron chi connectivity index (χ3n) is 4.98. The summed E-state index contributed by atoms with van der Waals surface area (Å²) >= 11 is 0. The van der Waals surface area contributed by atoms with E-state index in [9.17, 15) is 0 Å². The predicted molar refractivity (Wildman–Crippen MR) is 84.9 cm³/mol. The summed E-state index contributed by atoms with van der Waals surface area (Å²) in [4.78, 5) is 2.68. The molecule has 2 fully saturated rings. The zero-order valence-electron chi connectivity index (χ0n) is 12.8. The Hall–Kier alpha value is -0.860. The summed E-state index contributed by atoms with van der Waals surface area (Å²) in [5.41, 5.74) is 3.26. The first-order valence-corrected chi connectivity index (χ1v) is 8.29. The molecule has 1 aromatic carbocycles. The molecule has 1 aliphatic carbocycles. The Labute approximate surface area is 123 Å². The molecule has 110 valence electrons. The maximum Gasteiger partial charge on any atom is 0.0308 e. The van der Waals surface area contributed by atoms with Crippen molar-refractivity contribution in [3.05, 3.63) is 35.4 Å². The minimum Gasteiger partial charge on any atom is -0.310 e. The molecule has 0 atom stereocenters. The van der Waals surface area contributed by atoms with E-state index in [1.54, 1.807) is 0 Å². The standard InChI is InChI=1S/C18H28N2/c1-16-7-5-8-17(13-16)14-20-12-6-11-19-18(15-20)9-3-2-4-10-18/h5,7-8,13,19H,2-4,6,9-12,14-15H2,1H3. The summed E-state index contributed by atoms with van der Waals surface area (Å²) in [6.07, 6.45) is 8.28. The lowest BCUT2D eigenvalue weighted by Crippen LogP contribution is -2.52. The molecule has 0 bridgehead atoms. The van der Waals surface area contributed by atoms with Gasteiger partial charge >= 0.3 is 0 Å². The van der Waals surface area contributed by atoms with E-state index in [-0.39, 0.29) is 0 Å². The van der Waals surface area contributed by atoms with Gasteiger partial charge in [-0.25, -0.2) is 0 Å². The number of nitrogens with zero attached hydrogens (tertiary/aromatic N) is 1. The van der Waals surface area contributed by atoms with Crippen LogP contribution < -0.4 is 5.32 Å². The Morgan fingerprint density at radius 2 is 2.00 bits per heavy atom. The van der Waals surface area contributed by atoms with Crippen molar-refractivity contribution >= 4 is 0 Å². The number of rotatable bonds is 2. The van der Waals surface area contributed by atoms with Gasteiger partial charge in [-0.05, 0) is 44.8 Å². The van der Waals surface area contributed by atoms with Crippen LogP contribution in [0.15, 0.2) is 24.3 Å². The van der Waals surface area contributed by atoms with Gasteiger partial charge in [0.15, 0.2) is 0 Å². The van der Waals surface area contributed by atoms with Crippen LogP contribution in [0.5, 0.6) is 0 Å². The molecule has 0 amide bonds. The van der Waals surface area contributed by atoms with Crippen molar-refractivity contribution in [3.8, 4) is 0 Å². The quantitative estimate of drug-likeness (QED) is 0.886. The molecule has 1 aromatic rings. The van der Waals surface area contributed by atoms with Crippen LogP contribution in [-0.2, 0) is 6.54 Å². The number of aryl methyl sites for hydroxylation is 1. The summed E-state index contributed by atoms with van der Waals surface area (Å²) < 4.78 is 0. The summed E-state index contributed by atoms with van der Waals surface area (Å²) in [6.45, 7) is 6.98. The van der Waals surface area contributed by atoms with Gasteiger partial charge in [0.05, 0.1) is 0 Å². The van der Waals surface area contributed by atoms with Gasteiger partial charge < -0.3 is 5.32 Å². The number of benzene rings is 1. The van der Waals surface area contributed by atoms with Gasteiger partial charge in [0.2, 0.25) is 0 Å². The third-order valence-corrected chi connectivity index (χ3v) is 4.98. The Kier molecular flexibility index (Phi) is 4.42. The summed E-state index contributed by atoms with van der Waals surface area (Å²) in [5, 5.41) is 3.88. The van der Waals surface area contributed by atoms with Crippen LogP contribution in [0.25, 0.3) is 0 Å². The fourth-order valence-corrected chi connectivity index (χ4v) is 3.99. The van der Waals surface area contributed by atoms with E-state index in [1.807, 2.05) is 0 Å². The van der Waals surface area contributed by atoms with Gasteiger partial charge in [-0.2, -0.15) is 0 Å². The van der Waals surface area contributed by atoms with Crippen molar-refractivity contribution in [1.29, 1.82) is 0 Å². The van der Waals surface area contributed by atoms with Crippen molar-refractivity contribution in [3.63, 3.8) is 0 Å². The van der Waals surface area contributed by atoms with E-state index >= 15 is 0 Å². The van der Waals surface area contributed by atoms with E-state index in [4.69, 9.17) is 0 Å². The van der Waals surface area contributed by atoms with Crippen molar-refractivity contribution in [2.24, 2.45) is 0 Å². The number of hydrogen-bond acceptors (Lipinski definition) is 2. The van der Waals surface area contributed by atoms with E-state index in [1.165, 1.54) is 69.3 Å². The first-order valence-electron chi connectivity index (χ1n) is 8.29. The van der Waals surface area contributed by atoms with Gasteiger partial charge in [-0.15, -0.1) is 0 Å². The Bertz CT molecular complexity index is 435. The van der Waals surface area contributed by atoms with Gasteiger partial charge in [-0.1, -0.05) is 49.1 Å². The van der Waals surface area contributed by atoms with Crippen LogP contribution in [0.2, 0.25) is 0 Å². The summed E-state index contributed by atoms with van der Waals surface area (Å²) in [7, 11) is 0. The van der Waals surface area contributed by atoms with E-state index < -0.39 is 0 Å². The van der Waals surface area contributed by atoms with E-state index in [0.717, 1.165) is 6.54 Å². The van der Waals surface area contributed by atoms with Crippen molar-refractivity contribution in [2.75, 3.05) is 19.6 Å². The lowest BCUT2D eigenvalue weighted by molar-refractivity contribution is 0.159. The van der Waals surface area contributed by atoms with Gasteiger partial charge in [0, 0.05) is 18.6 Å². The SMILES string of the molecule is Cc1cccc(CN2CCCNC3(CCCCC3)C2)c1. The molecule has 1 aliphatic heterocycles. The predicted octanol–water partition coefficient (Wildman–Crippen LogP) is 3.49. The molecule has 20 heavy (non-hydrogen) atoms. The molecule has 2 nitrogen and oxygen atoms in total. The molecule has 2 aliphatic rings. The van der Waals surface area contributed by atoms with Gasteiger partial charge in [-0.3, -0.25) is 4.90 Å². The number of nitrogens with one attached hydrogen (secondary N) is 1. The molecule has 0 unspecified atom stereocenters. The Morgan fingerprint density at radius 3 is 2.80 bits per heavy atom. The van der Waals surface area contributed by atoms with Crippen LogP contribution in [0.1, 0.15) is 49.7 Å². The zero-order valence-corrected chi connectivity index (χ0v) is 12.8. The van der Waals surface area contributed by atoms with Crippen LogP contribution in [-0.4, -0.2) is 30.1 Å². The van der Waals surface area contributed by atoms with Crippen molar-refractivity contribution in [2.45, 2.75) is 57.5 Å². The molecule has 1 spiro atoms. The highest BCUT2D eigenvalue weighted by Gasteiger charge is 2.34. The van der Waals surface area contributed by atoms with Crippen LogP contribution >= 0.6 is 0 Å². The van der Waals surface area contributed by atoms with Crippen LogP contribution in [0.4, 0.5) is 0 Å². The second kappa shape index (κ2) is 6.28.